The number of carbonyl (C=O) groups is 1. The first-order chi connectivity index (χ1) is 9.22. The lowest BCUT2D eigenvalue weighted by Crippen LogP contribution is -2.34. The van der Waals surface area contributed by atoms with Crippen molar-refractivity contribution >= 4 is 28.3 Å². The number of nitrogens with two attached hydrogens (primary N) is 1. The zero-order valence-corrected chi connectivity index (χ0v) is 11.6. The molecule has 1 aromatic heterocycles. The molecule has 1 amide bonds. The first-order valence-corrected chi connectivity index (χ1v) is 7.82. The number of fused-ring (bicyclic) bond motifs is 2. The largest absolute Gasteiger partial charge is 0.382 e. The minimum absolute atomic E-state index is 0.0356. The fourth-order valence-corrected chi connectivity index (χ4v) is 4.25. The molecule has 2 bridgehead atoms. The van der Waals surface area contributed by atoms with E-state index in [4.69, 9.17) is 5.73 Å². The van der Waals surface area contributed by atoms with Gasteiger partial charge in [0.25, 0.3) is 5.91 Å². The van der Waals surface area contributed by atoms with Crippen LogP contribution in [0.25, 0.3) is 0 Å². The van der Waals surface area contributed by atoms with Crippen LogP contribution in [0.3, 0.4) is 0 Å². The molecule has 102 valence electrons. The number of aromatic nitrogens is 1. The molecule has 0 spiro atoms. The molecule has 1 aromatic rings. The summed E-state index contributed by atoms with van der Waals surface area (Å²) >= 11 is 1.38. The van der Waals surface area contributed by atoms with Crippen LogP contribution in [0.15, 0.2) is 0 Å². The maximum atomic E-state index is 12.3. The van der Waals surface area contributed by atoms with Gasteiger partial charge in [-0.25, -0.2) is 0 Å². The zero-order valence-electron chi connectivity index (χ0n) is 10.8. The number of nitrogen functional groups attached to an aromatic ring is 1. The molecule has 4 rings (SSSR count). The molecule has 19 heavy (non-hydrogen) atoms. The van der Waals surface area contributed by atoms with Crippen molar-refractivity contribution in [2.24, 2.45) is 5.92 Å². The molecule has 3 aliphatic rings. The summed E-state index contributed by atoms with van der Waals surface area (Å²) in [5.74, 6) is 1.15. The normalized spacial score (nSPS) is 28.9. The lowest BCUT2D eigenvalue weighted by Gasteiger charge is -2.28. The average Bonchev–Trinajstić information content (AvgIpc) is 2.84. The van der Waals surface area contributed by atoms with E-state index in [0.29, 0.717) is 23.5 Å². The van der Waals surface area contributed by atoms with E-state index in [0.717, 1.165) is 30.3 Å². The third-order valence-electron chi connectivity index (χ3n) is 4.51. The van der Waals surface area contributed by atoms with Gasteiger partial charge in [-0.2, -0.15) is 4.37 Å². The van der Waals surface area contributed by atoms with Crippen LogP contribution in [-0.4, -0.2) is 28.9 Å². The SMILES string of the molecule is Nc1nsc(N2CC3CCC2C3)c1C(=O)NC1CC1. The molecule has 1 aliphatic heterocycles. The number of amides is 1. The smallest absolute Gasteiger partial charge is 0.258 e. The van der Waals surface area contributed by atoms with Crippen molar-refractivity contribution in [3.05, 3.63) is 5.56 Å². The second-order valence-corrected chi connectivity index (χ2v) is 6.73. The minimum Gasteiger partial charge on any atom is -0.382 e. The van der Waals surface area contributed by atoms with Gasteiger partial charge >= 0.3 is 0 Å². The highest BCUT2D eigenvalue weighted by molar-refractivity contribution is 7.11. The Morgan fingerprint density at radius 3 is 2.84 bits per heavy atom. The number of rotatable bonds is 3. The molecule has 2 atom stereocenters. The Balaban J connectivity index is 1.63. The van der Waals surface area contributed by atoms with Gasteiger partial charge in [0.15, 0.2) is 5.82 Å². The highest BCUT2D eigenvalue weighted by atomic mass is 32.1. The van der Waals surface area contributed by atoms with E-state index in [-0.39, 0.29) is 5.91 Å². The Labute approximate surface area is 116 Å². The molecular weight excluding hydrogens is 260 g/mol. The maximum absolute atomic E-state index is 12.3. The number of carbonyl (C=O) groups excluding carboxylic acids is 1. The summed E-state index contributed by atoms with van der Waals surface area (Å²) in [6, 6.07) is 0.951. The van der Waals surface area contributed by atoms with Crippen molar-refractivity contribution in [2.45, 2.75) is 44.2 Å². The summed E-state index contributed by atoms with van der Waals surface area (Å²) in [6.45, 7) is 1.07. The van der Waals surface area contributed by atoms with Crippen LogP contribution in [0, 0.1) is 5.92 Å². The van der Waals surface area contributed by atoms with Crippen molar-refractivity contribution in [2.75, 3.05) is 17.2 Å². The molecule has 5 nitrogen and oxygen atoms in total. The number of hydrogen-bond acceptors (Lipinski definition) is 5. The van der Waals surface area contributed by atoms with Crippen LogP contribution in [0.5, 0.6) is 0 Å². The number of nitrogens with one attached hydrogen (secondary N) is 1. The van der Waals surface area contributed by atoms with Gasteiger partial charge in [0.1, 0.15) is 10.6 Å². The molecule has 2 unspecified atom stereocenters. The molecule has 3 N–H and O–H groups in total. The van der Waals surface area contributed by atoms with Gasteiger partial charge in [0.2, 0.25) is 0 Å². The Morgan fingerprint density at radius 2 is 2.21 bits per heavy atom. The van der Waals surface area contributed by atoms with E-state index in [1.54, 1.807) is 0 Å². The number of hydrogen-bond donors (Lipinski definition) is 2. The lowest BCUT2D eigenvalue weighted by atomic mass is 10.1. The van der Waals surface area contributed by atoms with E-state index in [1.807, 2.05) is 0 Å². The predicted molar refractivity (Wildman–Crippen MR) is 75.5 cm³/mol. The van der Waals surface area contributed by atoms with Crippen molar-refractivity contribution in [3.8, 4) is 0 Å². The van der Waals surface area contributed by atoms with Gasteiger partial charge in [-0.05, 0) is 49.6 Å². The maximum Gasteiger partial charge on any atom is 0.258 e. The second kappa shape index (κ2) is 4.10. The highest BCUT2D eigenvalue weighted by Gasteiger charge is 2.40. The number of anilines is 2. The summed E-state index contributed by atoms with van der Waals surface area (Å²) in [5.41, 5.74) is 6.53. The molecule has 3 fully saturated rings. The van der Waals surface area contributed by atoms with Crippen LogP contribution in [0.1, 0.15) is 42.5 Å². The average molecular weight is 278 g/mol. The van der Waals surface area contributed by atoms with Crippen molar-refractivity contribution in [3.63, 3.8) is 0 Å². The quantitative estimate of drug-likeness (QED) is 0.881. The minimum atomic E-state index is -0.0356. The van der Waals surface area contributed by atoms with Gasteiger partial charge in [-0.15, -0.1) is 0 Å². The predicted octanol–water partition coefficient (Wildman–Crippen LogP) is 1.61. The number of piperidine rings is 1. The first-order valence-electron chi connectivity index (χ1n) is 7.05. The molecule has 2 saturated carbocycles. The standard InChI is InChI=1S/C13H18N4OS/c14-11-10(12(18)15-8-2-3-8)13(19-16-11)17-6-7-1-4-9(17)5-7/h7-9H,1-6H2,(H2,14,16)(H,15,18). The molecule has 6 heteroatoms. The highest BCUT2D eigenvalue weighted by Crippen LogP contribution is 2.44. The Hall–Kier alpha value is -1.30. The topological polar surface area (TPSA) is 71.2 Å². The molecular formula is C13H18N4OS. The monoisotopic (exact) mass is 278 g/mol. The van der Waals surface area contributed by atoms with E-state index in [2.05, 4.69) is 14.6 Å². The van der Waals surface area contributed by atoms with E-state index in [1.165, 1.54) is 30.8 Å². The van der Waals surface area contributed by atoms with Gasteiger partial charge in [0.05, 0.1) is 0 Å². The van der Waals surface area contributed by atoms with E-state index >= 15 is 0 Å². The zero-order chi connectivity index (χ0) is 13.0. The third kappa shape index (κ3) is 1.89. The fraction of sp³-hybridized carbons (Fsp3) is 0.692. The first kappa shape index (κ1) is 11.5. The van der Waals surface area contributed by atoms with Gasteiger partial charge in [-0.3, -0.25) is 4.79 Å². The third-order valence-corrected chi connectivity index (χ3v) is 5.41. The summed E-state index contributed by atoms with van der Waals surface area (Å²) in [7, 11) is 0. The molecule has 1 saturated heterocycles. The lowest BCUT2D eigenvalue weighted by molar-refractivity contribution is 0.0952. The summed E-state index contributed by atoms with van der Waals surface area (Å²) in [6.07, 6.45) is 6.02. The second-order valence-electron chi connectivity index (χ2n) is 5.98. The summed E-state index contributed by atoms with van der Waals surface area (Å²) < 4.78 is 4.21. The van der Waals surface area contributed by atoms with Gasteiger partial charge in [-0.1, -0.05) is 0 Å². The Bertz CT molecular complexity index is 525. The van der Waals surface area contributed by atoms with Crippen molar-refractivity contribution in [1.82, 2.24) is 9.69 Å². The van der Waals surface area contributed by atoms with Gasteiger partial charge in [0, 0.05) is 18.6 Å². The molecule has 0 aromatic carbocycles. The Kier molecular flexibility index (Phi) is 2.48. The van der Waals surface area contributed by atoms with Crippen LogP contribution in [0.4, 0.5) is 10.8 Å². The molecule has 0 radical (unpaired) electrons. The molecule has 2 aliphatic carbocycles. The fourth-order valence-electron chi connectivity index (χ4n) is 3.36. The number of nitrogens with zero attached hydrogens (tertiary/aromatic N) is 2. The van der Waals surface area contributed by atoms with Crippen LogP contribution in [-0.2, 0) is 0 Å². The van der Waals surface area contributed by atoms with Gasteiger partial charge < -0.3 is 16.0 Å². The van der Waals surface area contributed by atoms with Crippen LogP contribution >= 0.6 is 11.5 Å². The van der Waals surface area contributed by atoms with E-state index in [9.17, 15) is 4.79 Å². The molecule has 2 heterocycles. The van der Waals surface area contributed by atoms with E-state index < -0.39 is 0 Å². The van der Waals surface area contributed by atoms with Crippen LogP contribution < -0.4 is 16.0 Å². The van der Waals surface area contributed by atoms with Crippen LogP contribution in [0.2, 0.25) is 0 Å². The summed E-state index contributed by atoms with van der Waals surface area (Å²) in [5, 5.41) is 4.01. The Morgan fingerprint density at radius 1 is 1.37 bits per heavy atom. The van der Waals surface area contributed by atoms with Crippen molar-refractivity contribution < 1.29 is 4.79 Å². The van der Waals surface area contributed by atoms with Crippen molar-refractivity contribution in [1.29, 1.82) is 0 Å². The summed E-state index contributed by atoms with van der Waals surface area (Å²) in [4.78, 5) is 14.7.